The van der Waals surface area contributed by atoms with E-state index in [4.69, 9.17) is 33.8 Å². The molecule has 182 valence electrons. The van der Waals surface area contributed by atoms with E-state index in [1.807, 2.05) is 47.1 Å². The summed E-state index contributed by atoms with van der Waals surface area (Å²) in [5.74, 6) is 1.62. The van der Waals surface area contributed by atoms with E-state index in [1.54, 1.807) is 11.8 Å². The first kappa shape index (κ1) is 25.2. The molecule has 2 aromatic heterocycles. The van der Waals surface area contributed by atoms with Crippen LogP contribution in [0.1, 0.15) is 18.9 Å². The Labute approximate surface area is 219 Å². The highest BCUT2D eigenvalue weighted by molar-refractivity contribution is 7.99. The van der Waals surface area contributed by atoms with Crippen LogP contribution in [0.5, 0.6) is 0 Å². The second-order valence-electron chi connectivity index (χ2n) is 7.71. The number of para-hydroxylation sites is 1. The van der Waals surface area contributed by atoms with E-state index in [0.717, 1.165) is 29.9 Å². The second kappa shape index (κ2) is 12.7. The lowest BCUT2D eigenvalue weighted by molar-refractivity contribution is 0.600. The Morgan fingerprint density at radius 1 is 1.06 bits per heavy atom. The van der Waals surface area contributed by atoms with E-state index in [2.05, 4.69) is 45.3 Å². The number of thioether (sulfide) groups is 1. The van der Waals surface area contributed by atoms with Crippen LogP contribution in [0.4, 0.5) is 11.5 Å². The Kier molecular flexibility index (Phi) is 9.10. The lowest BCUT2D eigenvalue weighted by atomic mass is 10.1. The Morgan fingerprint density at radius 3 is 2.66 bits per heavy atom. The first-order valence-electron chi connectivity index (χ1n) is 11.4. The molecular weight excluding hydrogens is 500 g/mol. The van der Waals surface area contributed by atoms with Gasteiger partial charge >= 0.3 is 0 Å². The fourth-order valence-corrected chi connectivity index (χ4v) is 4.42. The predicted octanol–water partition coefficient (Wildman–Crippen LogP) is 5.02. The van der Waals surface area contributed by atoms with E-state index in [9.17, 15) is 0 Å². The van der Waals surface area contributed by atoms with Crippen molar-refractivity contribution >= 4 is 63.4 Å². The minimum Gasteiger partial charge on any atom is -0.366 e. The molecule has 3 N–H and O–H groups in total. The standard InChI is InChI=1S/C24H27ClN8S2/c1-2-16-35-24-29-21(26-13-14-27-23(34)28-19-11-7-6-10-18(19)25)20-22(30-24)33(32-31-20)15-12-17-8-4-3-5-9-17/h3-11H,2,12-16H2,1H3,(H,26,29,30)(H2,27,28,34). The van der Waals surface area contributed by atoms with Gasteiger partial charge in [0.05, 0.1) is 10.7 Å². The van der Waals surface area contributed by atoms with Gasteiger partial charge in [0.2, 0.25) is 0 Å². The Bertz CT molecular complexity index is 1270. The maximum absolute atomic E-state index is 6.18. The van der Waals surface area contributed by atoms with Gasteiger partial charge in [-0.25, -0.2) is 14.6 Å². The normalized spacial score (nSPS) is 10.9. The molecule has 0 aliphatic rings. The van der Waals surface area contributed by atoms with Crippen LogP contribution in [-0.2, 0) is 13.0 Å². The molecule has 0 amide bonds. The molecule has 0 unspecified atom stereocenters. The summed E-state index contributed by atoms with van der Waals surface area (Å²) in [4.78, 5) is 9.45. The topological polar surface area (TPSA) is 92.6 Å². The predicted molar refractivity (Wildman–Crippen MR) is 148 cm³/mol. The van der Waals surface area contributed by atoms with Crippen molar-refractivity contribution in [3.63, 3.8) is 0 Å². The average molecular weight is 527 g/mol. The zero-order valence-electron chi connectivity index (χ0n) is 19.4. The summed E-state index contributed by atoms with van der Waals surface area (Å²) in [7, 11) is 0. The molecule has 8 nitrogen and oxygen atoms in total. The number of hydrogen-bond acceptors (Lipinski definition) is 7. The van der Waals surface area contributed by atoms with E-state index in [-0.39, 0.29) is 0 Å². The number of hydrogen-bond donors (Lipinski definition) is 3. The van der Waals surface area contributed by atoms with E-state index >= 15 is 0 Å². The molecular formula is C24H27ClN8S2. The van der Waals surface area contributed by atoms with E-state index in [0.29, 0.717) is 46.3 Å². The number of fused-ring (bicyclic) bond motifs is 1. The zero-order valence-corrected chi connectivity index (χ0v) is 21.8. The van der Waals surface area contributed by atoms with Gasteiger partial charge in [-0.05, 0) is 42.8 Å². The largest absolute Gasteiger partial charge is 0.366 e. The van der Waals surface area contributed by atoms with Crippen LogP contribution in [-0.4, -0.2) is 48.9 Å². The smallest absolute Gasteiger partial charge is 0.191 e. The van der Waals surface area contributed by atoms with Crippen LogP contribution in [0.15, 0.2) is 59.8 Å². The third kappa shape index (κ3) is 7.03. The summed E-state index contributed by atoms with van der Waals surface area (Å²) in [6, 6.07) is 17.8. The molecule has 35 heavy (non-hydrogen) atoms. The number of thiocarbonyl (C=S) groups is 1. The number of nitrogens with zero attached hydrogens (tertiary/aromatic N) is 5. The molecule has 0 aliphatic carbocycles. The molecule has 2 aromatic carbocycles. The third-order valence-electron chi connectivity index (χ3n) is 5.06. The SMILES string of the molecule is CCCSc1nc(NCCNC(=S)Nc2ccccc2Cl)c2nnn(CCc3ccccc3)c2n1. The minimum absolute atomic E-state index is 0.499. The van der Waals surface area contributed by atoms with Gasteiger partial charge in [-0.15, -0.1) is 5.10 Å². The average Bonchev–Trinajstić information content (AvgIpc) is 3.29. The number of aryl methyl sites for hydroxylation is 2. The summed E-state index contributed by atoms with van der Waals surface area (Å²) in [6.07, 6.45) is 1.89. The lowest BCUT2D eigenvalue weighted by Crippen LogP contribution is -2.32. The van der Waals surface area contributed by atoms with E-state index in [1.165, 1.54) is 5.56 Å². The van der Waals surface area contributed by atoms with Crippen molar-refractivity contribution in [2.24, 2.45) is 0 Å². The first-order valence-corrected chi connectivity index (χ1v) is 13.2. The van der Waals surface area contributed by atoms with Crippen LogP contribution in [0.3, 0.4) is 0 Å². The molecule has 2 heterocycles. The van der Waals surface area contributed by atoms with Crippen molar-refractivity contribution < 1.29 is 0 Å². The second-order valence-corrected chi connectivity index (χ2v) is 9.59. The molecule has 0 atom stereocenters. The molecule has 0 saturated carbocycles. The summed E-state index contributed by atoms with van der Waals surface area (Å²) < 4.78 is 1.85. The van der Waals surface area contributed by atoms with Gasteiger partial charge in [0.25, 0.3) is 0 Å². The van der Waals surface area contributed by atoms with Crippen molar-refractivity contribution in [3.8, 4) is 0 Å². The number of aromatic nitrogens is 5. The van der Waals surface area contributed by atoms with Crippen LogP contribution in [0.25, 0.3) is 11.2 Å². The molecule has 4 rings (SSSR count). The van der Waals surface area contributed by atoms with Gasteiger partial charge in [0.15, 0.2) is 27.3 Å². The first-order chi connectivity index (χ1) is 17.1. The van der Waals surface area contributed by atoms with Gasteiger partial charge in [-0.3, -0.25) is 0 Å². The van der Waals surface area contributed by atoms with Gasteiger partial charge in [0, 0.05) is 25.4 Å². The van der Waals surface area contributed by atoms with Crippen molar-refractivity contribution in [1.29, 1.82) is 0 Å². The monoisotopic (exact) mass is 526 g/mol. The highest BCUT2D eigenvalue weighted by Crippen LogP contribution is 2.23. The highest BCUT2D eigenvalue weighted by atomic mass is 35.5. The fraction of sp³-hybridized carbons (Fsp3) is 0.292. The fourth-order valence-electron chi connectivity index (χ4n) is 3.33. The van der Waals surface area contributed by atoms with Gasteiger partial charge in [0.1, 0.15) is 0 Å². The van der Waals surface area contributed by atoms with Crippen LogP contribution in [0, 0.1) is 0 Å². The van der Waals surface area contributed by atoms with Gasteiger partial charge < -0.3 is 16.0 Å². The number of anilines is 2. The summed E-state index contributed by atoms with van der Waals surface area (Å²) in [5.41, 5.74) is 3.41. The van der Waals surface area contributed by atoms with Crippen molar-refractivity contribution in [2.45, 2.75) is 31.5 Å². The number of nitrogens with one attached hydrogen (secondary N) is 3. The zero-order chi connectivity index (χ0) is 24.5. The summed E-state index contributed by atoms with van der Waals surface area (Å²) in [6.45, 7) is 4.01. The quantitative estimate of drug-likeness (QED) is 0.108. The Hall–Kier alpha value is -2.95. The molecule has 4 aromatic rings. The van der Waals surface area contributed by atoms with Crippen LogP contribution < -0.4 is 16.0 Å². The van der Waals surface area contributed by atoms with Crippen molar-refractivity contribution in [3.05, 3.63) is 65.2 Å². The Balaban J connectivity index is 1.40. The lowest BCUT2D eigenvalue weighted by Gasteiger charge is -2.12. The van der Waals surface area contributed by atoms with E-state index < -0.39 is 0 Å². The number of benzene rings is 2. The molecule has 0 fully saturated rings. The van der Waals surface area contributed by atoms with Crippen LogP contribution in [0.2, 0.25) is 5.02 Å². The maximum atomic E-state index is 6.18. The molecule has 0 saturated heterocycles. The molecule has 0 aliphatic heterocycles. The minimum atomic E-state index is 0.499. The summed E-state index contributed by atoms with van der Waals surface area (Å²) >= 11 is 13.2. The maximum Gasteiger partial charge on any atom is 0.191 e. The summed E-state index contributed by atoms with van der Waals surface area (Å²) in [5, 5.41) is 20.2. The van der Waals surface area contributed by atoms with Gasteiger partial charge in [-0.2, -0.15) is 0 Å². The highest BCUT2D eigenvalue weighted by Gasteiger charge is 2.15. The molecule has 0 radical (unpaired) electrons. The molecule has 11 heteroatoms. The molecule has 0 spiro atoms. The third-order valence-corrected chi connectivity index (χ3v) is 6.69. The van der Waals surface area contributed by atoms with Crippen molar-refractivity contribution in [1.82, 2.24) is 30.3 Å². The number of rotatable bonds is 11. The molecule has 0 bridgehead atoms. The Morgan fingerprint density at radius 2 is 1.86 bits per heavy atom. The van der Waals surface area contributed by atoms with Gasteiger partial charge in [-0.1, -0.05) is 78.0 Å². The number of halogens is 1. The van der Waals surface area contributed by atoms with Crippen molar-refractivity contribution in [2.75, 3.05) is 29.5 Å². The van der Waals surface area contributed by atoms with Crippen LogP contribution >= 0.6 is 35.6 Å².